The summed E-state index contributed by atoms with van der Waals surface area (Å²) in [5, 5.41) is 5.76. The van der Waals surface area contributed by atoms with Gasteiger partial charge in [0, 0.05) is 13.1 Å². The Bertz CT molecular complexity index is 925. The SMILES string of the molecule is CCCCCCCCCCCCOc1c(CC)cc(C(=O)OC)cc1C(=O)NCCCCCCNC(=O)OC(C)(C)C. The van der Waals surface area contributed by atoms with E-state index in [0.717, 1.165) is 44.1 Å². The number of methoxy groups -OCH3 is 1. The van der Waals surface area contributed by atoms with Crippen LogP contribution in [0.2, 0.25) is 0 Å². The van der Waals surface area contributed by atoms with Crippen LogP contribution in [0.5, 0.6) is 5.75 Å². The van der Waals surface area contributed by atoms with Crippen LogP contribution in [-0.2, 0) is 15.9 Å². The van der Waals surface area contributed by atoms with Crippen LogP contribution in [0.15, 0.2) is 12.1 Å². The van der Waals surface area contributed by atoms with Gasteiger partial charge in [-0.15, -0.1) is 0 Å². The average molecular weight is 591 g/mol. The Balaban J connectivity index is 2.55. The van der Waals surface area contributed by atoms with Crippen molar-refractivity contribution in [1.29, 1.82) is 0 Å². The molecule has 2 N–H and O–H groups in total. The van der Waals surface area contributed by atoms with Crippen LogP contribution < -0.4 is 15.4 Å². The number of carbonyl (C=O) groups excluding carboxylic acids is 3. The van der Waals surface area contributed by atoms with E-state index in [9.17, 15) is 14.4 Å². The van der Waals surface area contributed by atoms with Crippen molar-refractivity contribution in [2.75, 3.05) is 26.8 Å². The number of esters is 1. The Morgan fingerprint density at radius 2 is 1.29 bits per heavy atom. The highest BCUT2D eigenvalue weighted by Gasteiger charge is 2.20. The van der Waals surface area contributed by atoms with Gasteiger partial charge in [0.05, 0.1) is 24.8 Å². The van der Waals surface area contributed by atoms with E-state index in [1.807, 2.05) is 27.7 Å². The summed E-state index contributed by atoms with van der Waals surface area (Å²) in [7, 11) is 1.34. The lowest BCUT2D eigenvalue weighted by Gasteiger charge is -2.19. The van der Waals surface area contributed by atoms with Crippen LogP contribution in [0.3, 0.4) is 0 Å². The molecule has 42 heavy (non-hydrogen) atoms. The summed E-state index contributed by atoms with van der Waals surface area (Å²) >= 11 is 0. The van der Waals surface area contributed by atoms with Crippen molar-refractivity contribution in [3.63, 3.8) is 0 Å². The normalized spacial score (nSPS) is 11.2. The molecule has 0 radical (unpaired) electrons. The number of hydrogen-bond acceptors (Lipinski definition) is 6. The number of alkyl carbamates (subject to hydrolysis) is 1. The molecular formula is C34H58N2O6. The molecule has 0 spiro atoms. The second kappa shape index (κ2) is 21.9. The zero-order valence-electron chi connectivity index (χ0n) is 27.3. The number of carbonyl (C=O) groups is 3. The van der Waals surface area contributed by atoms with Crippen molar-refractivity contribution in [2.45, 2.75) is 137 Å². The lowest BCUT2D eigenvalue weighted by Crippen LogP contribution is -2.33. The van der Waals surface area contributed by atoms with Crippen molar-refractivity contribution >= 4 is 18.0 Å². The fourth-order valence-electron chi connectivity index (χ4n) is 4.70. The Morgan fingerprint density at radius 1 is 0.738 bits per heavy atom. The number of rotatable bonds is 22. The van der Waals surface area contributed by atoms with Gasteiger partial charge in [-0.3, -0.25) is 4.79 Å². The predicted octanol–water partition coefficient (Wildman–Crippen LogP) is 8.15. The Labute approximate surface area is 255 Å². The monoisotopic (exact) mass is 590 g/mol. The zero-order valence-corrected chi connectivity index (χ0v) is 27.3. The molecule has 1 aromatic carbocycles. The number of ether oxygens (including phenoxy) is 3. The smallest absolute Gasteiger partial charge is 0.407 e. The fourth-order valence-corrected chi connectivity index (χ4v) is 4.70. The number of hydrogen-bond donors (Lipinski definition) is 2. The van der Waals surface area contributed by atoms with Gasteiger partial charge in [-0.2, -0.15) is 0 Å². The van der Waals surface area contributed by atoms with Crippen molar-refractivity contribution in [3.05, 3.63) is 28.8 Å². The molecule has 0 aliphatic rings. The molecule has 0 heterocycles. The third kappa shape index (κ3) is 16.6. The largest absolute Gasteiger partial charge is 0.492 e. The van der Waals surface area contributed by atoms with E-state index >= 15 is 0 Å². The minimum Gasteiger partial charge on any atom is -0.492 e. The maximum absolute atomic E-state index is 13.2. The van der Waals surface area contributed by atoms with Crippen molar-refractivity contribution in [1.82, 2.24) is 10.6 Å². The molecule has 0 aromatic heterocycles. The highest BCUT2D eigenvalue weighted by atomic mass is 16.6. The van der Waals surface area contributed by atoms with E-state index in [2.05, 4.69) is 17.6 Å². The average Bonchev–Trinajstić information content (AvgIpc) is 2.95. The maximum Gasteiger partial charge on any atom is 0.407 e. The molecule has 0 saturated carbocycles. The van der Waals surface area contributed by atoms with E-state index in [-0.39, 0.29) is 5.91 Å². The molecule has 1 rings (SSSR count). The zero-order chi connectivity index (χ0) is 31.2. The van der Waals surface area contributed by atoms with Crippen LogP contribution in [0.1, 0.15) is 151 Å². The van der Waals surface area contributed by atoms with Crippen LogP contribution in [0.25, 0.3) is 0 Å². The summed E-state index contributed by atoms with van der Waals surface area (Å²) in [6.07, 6.45) is 16.2. The number of nitrogens with one attached hydrogen (secondary N) is 2. The van der Waals surface area contributed by atoms with Crippen molar-refractivity contribution in [3.8, 4) is 5.75 Å². The lowest BCUT2D eigenvalue weighted by atomic mass is 10.0. The molecule has 8 nitrogen and oxygen atoms in total. The first-order chi connectivity index (χ1) is 20.1. The Kier molecular flexibility index (Phi) is 19.4. The molecule has 0 atom stereocenters. The van der Waals surface area contributed by atoms with Crippen LogP contribution in [-0.4, -0.2) is 50.4 Å². The van der Waals surface area contributed by atoms with E-state index < -0.39 is 17.7 Å². The van der Waals surface area contributed by atoms with Gasteiger partial charge >= 0.3 is 12.1 Å². The highest BCUT2D eigenvalue weighted by molar-refractivity contribution is 6.00. The molecule has 240 valence electrons. The Morgan fingerprint density at radius 3 is 1.83 bits per heavy atom. The number of aryl methyl sites for hydroxylation is 1. The summed E-state index contributed by atoms with van der Waals surface area (Å²) in [6, 6.07) is 3.35. The minimum atomic E-state index is -0.506. The van der Waals surface area contributed by atoms with Crippen molar-refractivity contribution < 1.29 is 28.6 Å². The molecule has 0 saturated heterocycles. The van der Waals surface area contributed by atoms with Gasteiger partial charge in [-0.25, -0.2) is 9.59 Å². The summed E-state index contributed by atoms with van der Waals surface area (Å²) < 4.78 is 16.3. The van der Waals surface area contributed by atoms with Gasteiger partial charge in [-0.1, -0.05) is 84.5 Å². The predicted molar refractivity (Wildman–Crippen MR) is 170 cm³/mol. The second-order valence-electron chi connectivity index (χ2n) is 12.0. The molecular weight excluding hydrogens is 532 g/mol. The number of amides is 2. The second-order valence-corrected chi connectivity index (χ2v) is 12.0. The number of unbranched alkanes of at least 4 members (excludes halogenated alkanes) is 12. The van der Waals surface area contributed by atoms with Crippen LogP contribution in [0.4, 0.5) is 4.79 Å². The topological polar surface area (TPSA) is 103 Å². The Hall–Kier alpha value is -2.77. The first-order valence-electron chi connectivity index (χ1n) is 16.3. The molecule has 0 unspecified atom stereocenters. The van der Waals surface area contributed by atoms with Gasteiger partial charge in [0.2, 0.25) is 0 Å². The van der Waals surface area contributed by atoms with E-state index in [1.54, 1.807) is 12.1 Å². The van der Waals surface area contributed by atoms with E-state index in [0.29, 0.717) is 43.0 Å². The van der Waals surface area contributed by atoms with Gasteiger partial charge in [-0.05, 0) is 64.2 Å². The maximum atomic E-state index is 13.2. The van der Waals surface area contributed by atoms with Crippen LogP contribution >= 0.6 is 0 Å². The quantitative estimate of drug-likeness (QED) is 0.104. The molecule has 0 bridgehead atoms. The van der Waals surface area contributed by atoms with Gasteiger partial charge in [0.15, 0.2) is 0 Å². The summed E-state index contributed by atoms with van der Waals surface area (Å²) in [5.74, 6) is -0.160. The van der Waals surface area contributed by atoms with Crippen LogP contribution in [0, 0.1) is 0 Å². The first kappa shape index (κ1) is 37.3. The number of benzene rings is 1. The summed E-state index contributed by atoms with van der Waals surface area (Å²) in [6.45, 7) is 11.4. The van der Waals surface area contributed by atoms with Crippen molar-refractivity contribution in [2.24, 2.45) is 0 Å². The molecule has 0 fully saturated rings. The van der Waals surface area contributed by atoms with E-state index in [4.69, 9.17) is 14.2 Å². The van der Waals surface area contributed by atoms with Gasteiger partial charge in [0.1, 0.15) is 11.4 Å². The van der Waals surface area contributed by atoms with Gasteiger partial charge < -0.3 is 24.8 Å². The fraction of sp³-hybridized carbons (Fsp3) is 0.735. The minimum absolute atomic E-state index is 0.250. The standard InChI is InChI=1S/C34H58N2O6/c1-7-9-10-11-12-13-14-15-18-21-24-41-30-27(8-2)25-28(32(38)40-6)26-29(30)31(37)35-22-19-16-17-20-23-36-33(39)42-34(3,4)5/h25-26H,7-24H2,1-6H3,(H,35,37)(H,36,39). The molecule has 1 aromatic rings. The summed E-state index contributed by atoms with van der Waals surface area (Å²) in [4.78, 5) is 37.2. The first-order valence-corrected chi connectivity index (χ1v) is 16.3. The molecule has 0 aliphatic heterocycles. The molecule has 8 heteroatoms. The van der Waals surface area contributed by atoms with E-state index in [1.165, 1.54) is 58.5 Å². The third-order valence-corrected chi connectivity index (χ3v) is 7.01. The highest BCUT2D eigenvalue weighted by Crippen LogP contribution is 2.28. The molecule has 2 amide bonds. The summed E-state index contributed by atoms with van der Waals surface area (Å²) in [5.41, 5.74) is 1.05. The lowest BCUT2D eigenvalue weighted by molar-refractivity contribution is 0.0525. The third-order valence-electron chi connectivity index (χ3n) is 7.01. The molecule has 0 aliphatic carbocycles. The van der Waals surface area contributed by atoms with Gasteiger partial charge in [0.25, 0.3) is 5.91 Å².